The molecule has 2 aromatic rings. The van der Waals surface area contributed by atoms with Gasteiger partial charge in [-0.1, -0.05) is 28.9 Å². The van der Waals surface area contributed by atoms with Crippen LogP contribution < -0.4 is 10.6 Å². The van der Waals surface area contributed by atoms with E-state index >= 15 is 0 Å². The highest BCUT2D eigenvalue weighted by Crippen LogP contribution is 2.23. The van der Waals surface area contributed by atoms with E-state index in [9.17, 15) is 9.59 Å². The van der Waals surface area contributed by atoms with Gasteiger partial charge in [0, 0.05) is 27.6 Å². The summed E-state index contributed by atoms with van der Waals surface area (Å²) in [7, 11) is 0. The van der Waals surface area contributed by atoms with Crippen LogP contribution in [0.3, 0.4) is 0 Å². The smallest absolute Gasteiger partial charge is 0.253 e. The van der Waals surface area contributed by atoms with Gasteiger partial charge in [0.15, 0.2) is 0 Å². The zero-order valence-electron chi connectivity index (χ0n) is 15.9. The molecule has 2 atom stereocenters. The Hall–Kier alpha value is -2.08. The molecule has 0 saturated carbocycles. The summed E-state index contributed by atoms with van der Waals surface area (Å²) >= 11 is 3.48. The number of carbonyl (C=O) groups is 2. The van der Waals surface area contributed by atoms with Crippen molar-refractivity contribution < 1.29 is 9.59 Å². The first-order valence-corrected chi connectivity index (χ1v) is 9.60. The molecular formula is C20H26BrN3O2. The van der Waals surface area contributed by atoms with Crippen LogP contribution in [0.25, 0.3) is 5.69 Å². The van der Waals surface area contributed by atoms with Gasteiger partial charge in [-0.05, 0) is 58.4 Å². The minimum absolute atomic E-state index is 0.0865. The second-order valence-electron chi connectivity index (χ2n) is 6.61. The highest BCUT2D eigenvalue weighted by Gasteiger charge is 2.21. The second kappa shape index (κ2) is 8.54. The molecule has 0 saturated heterocycles. The minimum atomic E-state index is -0.592. The van der Waals surface area contributed by atoms with E-state index in [4.69, 9.17) is 0 Å². The minimum Gasteiger partial charge on any atom is -0.352 e. The zero-order chi connectivity index (χ0) is 19.4. The van der Waals surface area contributed by atoms with Crippen molar-refractivity contribution in [1.29, 1.82) is 0 Å². The maximum atomic E-state index is 12.7. The van der Waals surface area contributed by atoms with Crippen LogP contribution in [0.4, 0.5) is 0 Å². The number of hydrogen-bond donors (Lipinski definition) is 2. The van der Waals surface area contributed by atoms with E-state index in [1.165, 1.54) is 0 Å². The lowest BCUT2D eigenvalue weighted by molar-refractivity contribution is -0.123. The number of aromatic nitrogens is 1. The van der Waals surface area contributed by atoms with Crippen LogP contribution in [0.15, 0.2) is 34.8 Å². The van der Waals surface area contributed by atoms with Crippen LogP contribution >= 0.6 is 15.9 Å². The van der Waals surface area contributed by atoms with Crippen LogP contribution in [-0.4, -0.2) is 28.5 Å². The summed E-state index contributed by atoms with van der Waals surface area (Å²) in [4.78, 5) is 24.8. The summed E-state index contributed by atoms with van der Waals surface area (Å²) in [6.45, 7) is 9.52. The predicted octanol–water partition coefficient (Wildman–Crippen LogP) is 3.89. The summed E-state index contributed by atoms with van der Waals surface area (Å²) < 4.78 is 3.01. The first kappa shape index (κ1) is 20.2. The summed E-state index contributed by atoms with van der Waals surface area (Å²) in [5.41, 5.74) is 3.36. The van der Waals surface area contributed by atoms with Crippen molar-refractivity contribution >= 4 is 27.7 Å². The van der Waals surface area contributed by atoms with Gasteiger partial charge in [0.2, 0.25) is 5.91 Å². The lowest BCUT2D eigenvalue weighted by Crippen LogP contribution is -2.47. The molecule has 0 aliphatic rings. The van der Waals surface area contributed by atoms with Gasteiger partial charge >= 0.3 is 0 Å². The van der Waals surface area contributed by atoms with Crippen LogP contribution in [0, 0.1) is 13.8 Å². The summed E-state index contributed by atoms with van der Waals surface area (Å²) in [6, 6.07) is 9.26. The van der Waals surface area contributed by atoms with Crippen molar-refractivity contribution in [3.05, 3.63) is 51.8 Å². The fraction of sp³-hybridized carbons (Fsp3) is 0.400. The fourth-order valence-corrected chi connectivity index (χ4v) is 3.20. The van der Waals surface area contributed by atoms with Gasteiger partial charge in [0.1, 0.15) is 6.04 Å². The van der Waals surface area contributed by atoms with Crippen molar-refractivity contribution in [1.82, 2.24) is 15.2 Å². The van der Waals surface area contributed by atoms with E-state index < -0.39 is 6.04 Å². The van der Waals surface area contributed by atoms with Crippen molar-refractivity contribution in [2.24, 2.45) is 0 Å². The van der Waals surface area contributed by atoms with Crippen LogP contribution in [0.5, 0.6) is 0 Å². The van der Waals surface area contributed by atoms with Gasteiger partial charge in [0.05, 0.1) is 5.56 Å². The average molecular weight is 420 g/mol. The SMILES string of the molecule is CCC(C)NC(=O)C(C)NC(=O)c1cc(C)n(-c2cccc(Br)c2)c1C. The summed E-state index contributed by atoms with van der Waals surface area (Å²) in [5, 5.41) is 5.68. The molecule has 1 aromatic heterocycles. The van der Waals surface area contributed by atoms with E-state index in [-0.39, 0.29) is 17.9 Å². The molecular weight excluding hydrogens is 394 g/mol. The second-order valence-corrected chi connectivity index (χ2v) is 7.53. The van der Waals surface area contributed by atoms with Crippen LogP contribution in [-0.2, 0) is 4.79 Å². The number of hydrogen-bond acceptors (Lipinski definition) is 2. The highest BCUT2D eigenvalue weighted by atomic mass is 79.9. The van der Waals surface area contributed by atoms with Crippen LogP contribution in [0.1, 0.15) is 48.9 Å². The number of rotatable bonds is 6. The predicted molar refractivity (Wildman–Crippen MR) is 108 cm³/mol. The molecule has 2 N–H and O–H groups in total. The number of halogens is 1. The Morgan fingerprint density at radius 2 is 1.85 bits per heavy atom. The largest absolute Gasteiger partial charge is 0.352 e. The number of aryl methyl sites for hydroxylation is 1. The van der Waals surface area contributed by atoms with Crippen molar-refractivity contribution in [2.45, 2.75) is 53.1 Å². The normalized spacial score (nSPS) is 13.2. The van der Waals surface area contributed by atoms with E-state index in [1.54, 1.807) is 6.92 Å². The molecule has 1 aromatic carbocycles. The third-order valence-electron chi connectivity index (χ3n) is 4.48. The van der Waals surface area contributed by atoms with Gasteiger partial charge in [-0.25, -0.2) is 0 Å². The van der Waals surface area contributed by atoms with E-state index in [2.05, 4.69) is 26.6 Å². The maximum absolute atomic E-state index is 12.7. The molecule has 0 aliphatic heterocycles. The summed E-state index contributed by atoms with van der Waals surface area (Å²) in [6.07, 6.45) is 0.847. The first-order valence-electron chi connectivity index (χ1n) is 8.80. The first-order chi connectivity index (χ1) is 12.2. The van der Waals surface area contributed by atoms with Crippen LogP contribution in [0.2, 0.25) is 0 Å². The molecule has 5 nitrogen and oxygen atoms in total. The number of amides is 2. The van der Waals surface area contributed by atoms with E-state index in [0.29, 0.717) is 5.56 Å². The topological polar surface area (TPSA) is 63.1 Å². The summed E-state index contributed by atoms with van der Waals surface area (Å²) in [5.74, 6) is -0.417. The highest BCUT2D eigenvalue weighted by molar-refractivity contribution is 9.10. The van der Waals surface area contributed by atoms with E-state index in [0.717, 1.165) is 28.0 Å². The lowest BCUT2D eigenvalue weighted by Gasteiger charge is -2.17. The Balaban J connectivity index is 2.20. The van der Waals surface area contributed by atoms with Gasteiger partial charge in [-0.15, -0.1) is 0 Å². The molecule has 0 spiro atoms. The molecule has 0 fully saturated rings. The molecule has 2 unspecified atom stereocenters. The maximum Gasteiger partial charge on any atom is 0.253 e. The van der Waals surface area contributed by atoms with Crippen molar-refractivity contribution in [3.63, 3.8) is 0 Å². The monoisotopic (exact) mass is 419 g/mol. The van der Waals surface area contributed by atoms with Gasteiger partial charge in [-0.2, -0.15) is 0 Å². The quantitative estimate of drug-likeness (QED) is 0.745. The Kier molecular flexibility index (Phi) is 6.64. The molecule has 0 aliphatic carbocycles. The fourth-order valence-electron chi connectivity index (χ4n) is 2.82. The Labute approximate surface area is 163 Å². The average Bonchev–Trinajstić information content (AvgIpc) is 2.89. The third kappa shape index (κ3) is 4.55. The molecule has 0 radical (unpaired) electrons. The standard InChI is InChI=1S/C20H26BrN3O2/c1-6-12(2)22-19(25)14(4)23-20(26)18-10-13(3)24(15(18)5)17-9-7-8-16(21)11-17/h7-12,14H,6H2,1-5H3,(H,22,25)(H,23,26). The van der Waals surface area contributed by atoms with E-state index in [1.807, 2.05) is 62.6 Å². The molecule has 1 heterocycles. The third-order valence-corrected chi connectivity index (χ3v) is 4.98. The van der Waals surface area contributed by atoms with Gasteiger partial charge in [0.25, 0.3) is 5.91 Å². The number of benzene rings is 1. The number of nitrogens with one attached hydrogen (secondary N) is 2. The molecule has 0 bridgehead atoms. The Morgan fingerprint density at radius 3 is 2.46 bits per heavy atom. The molecule has 2 amide bonds. The lowest BCUT2D eigenvalue weighted by atomic mass is 10.2. The van der Waals surface area contributed by atoms with Crippen molar-refractivity contribution in [2.75, 3.05) is 0 Å². The van der Waals surface area contributed by atoms with Gasteiger partial charge < -0.3 is 15.2 Å². The molecule has 6 heteroatoms. The number of nitrogens with zero attached hydrogens (tertiary/aromatic N) is 1. The molecule has 2 rings (SSSR count). The molecule has 26 heavy (non-hydrogen) atoms. The Morgan fingerprint density at radius 1 is 1.15 bits per heavy atom. The zero-order valence-corrected chi connectivity index (χ0v) is 17.5. The van der Waals surface area contributed by atoms with Gasteiger partial charge in [-0.3, -0.25) is 9.59 Å². The Bertz CT molecular complexity index is 813. The van der Waals surface area contributed by atoms with Crippen molar-refractivity contribution in [3.8, 4) is 5.69 Å². The molecule has 140 valence electrons. The number of carbonyl (C=O) groups excluding carboxylic acids is 2.